The van der Waals surface area contributed by atoms with Gasteiger partial charge in [0.15, 0.2) is 0 Å². The number of ether oxygens (including phenoxy) is 1. The highest BCUT2D eigenvalue weighted by atomic mass is 19.4. The Hall–Kier alpha value is -3.13. The normalized spacial score (nSPS) is 11.7. The molecular formula is C22H22F3N3O2. The lowest BCUT2D eigenvalue weighted by molar-refractivity contribution is -0.137. The highest BCUT2D eigenvalue weighted by Gasteiger charge is 2.33. The second-order valence-corrected chi connectivity index (χ2v) is 6.92. The van der Waals surface area contributed by atoms with E-state index in [-0.39, 0.29) is 23.3 Å². The first-order valence-corrected chi connectivity index (χ1v) is 9.46. The van der Waals surface area contributed by atoms with Crippen LogP contribution in [-0.2, 0) is 10.9 Å². The number of aromatic nitrogens is 2. The molecule has 30 heavy (non-hydrogen) atoms. The van der Waals surface area contributed by atoms with Gasteiger partial charge in [-0.25, -0.2) is 4.98 Å². The van der Waals surface area contributed by atoms with Gasteiger partial charge in [0, 0.05) is 12.2 Å². The fourth-order valence-electron chi connectivity index (χ4n) is 3.02. The van der Waals surface area contributed by atoms with Crippen LogP contribution in [0.4, 0.5) is 13.2 Å². The third-order valence-electron chi connectivity index (χ3n) is 4.38. The fraction of sp³-hybridized carbons (Fsp3) is 0.273. The molecule has 0 spiro atoms. The molecule has 8 heteroatoms. The highest BCUT2D eigenvalue weighted by Crippen LogP contribution is 2.37. The SMILES string of the molecule is CC(C)OCCNC(=O)c1cncn1-c1cccc(-c2ccccc2C(F)(F)F)c1. The van der Waals surface area contributed by atoms with Crippen LogP contribution in [0.5, 0.6) is 0 Å². The van der Waals surface area contributed by atoms with Gasteiger partial charge < -0.3 is 10.1 Å². The minimum atomic E-state index is -4.47. The molecule has 1 aromatic heterocycles. The third-order valence-corrected chi connectivity index (χ3v) is 4.38. The number of carbonyl (C=O) groups is 1. The van der Waals surface area contributed by atoms with Crippen molar-refractivity contribution in [3.63, 3.8) is 0 Å². The summed E-state index contributed by atoms with van der Waals surface area (Å²) in [6.07, 6.45) is -1.54. The average Bonchev–Trinajstić information content (AvgIpc) is 3.20. The van der Waals surface area contributed by atoms with E-state index in [0.29, 0.717) is 24.4 Å². The number of alkyl halides is 3. The van der Waals surface area contributed by atoms with Gasteiger partial charge in [-0.1, -0.05) is 30.3 Å². The minimum Gasteiger partial charge on any atom is -0.377 e. The largest absolute Gasteiger partial charge is 0.417 e. The molecule has 2 aromatic carbocycles. The summed E-state index contributed by atoms with van der Waals surface area (Å²) in [5, 5.41) is 2.75. The van der Waals surface area contributed by atoms with Crippen molar-refractivity contribution in [3.05, 3.63) is 72.3 Å². The number of benzene rings is 2. The molecular weight excluding hydrogens is 395 g/mol. The van der Waals surface area contributed by atoms with Crippen LogP contribution in [0.1, 0.15) is 29.9 Å². The Labute approximate surface area is 172 Å². The van der Waals surface area contributed by atoms with E-state index in [4.69, 9.17) is 4.74 Å². The number of nitrogens with one attached hydrogen (secondary N) is 1. The van der Waals surface area contributed by atoms with Gasteiger partial charge in [-0.05, 0) is 43.2 Å². The number of rotatable bonds is 7. The van der Waals surface area contributed by atoms with Crippen molar-refractivity contribution >= 4 is 5.91 Å². The zero-order valence-electron chi connectivity index (χ0n) is 16.6. The highest BCUT2D eigenvalue weighted by molar-refractivity contribution is 5.93. The second kappa shape index (κ2) is 9.13. The van der Waals surface area contributed by atoms with E-state index in [0.717, 1.165) is 6.07 Å². The van der Waals surface area contributed by atoms with Gasteiger partial charge in [0.05, 0.1) is 30.8 Å². The summed E-state index contributed by atoms with van der Waals surface area (Å²) in [4.78, 5) is 16.5. The zero-order valence-corrected chi connectivity index (χ0v) is 16.6. The van der Waals surface area contributed by atoms with E-state index in [1.54, 1.807) is 34.9 Å². The van der Waals surface area contributed by atoms with Crippen molar-refractivity contribution in [1.29, 1.82) is 0 Å². The van der Waals surface area contributed by atoms with Crippen LogP contribution in [0.25, 0.3) is 16.8 Å². The smallest absolute Gasteiger partial charge is 0.377 e. The first-order valence-electron chi connectivity index (χ1n) is 9.46. The number of halogens is 3. The lowest BCUT2D eigenvalue weighted by atomic mass is 9.99. The molecule has 5 nitrogen and oxygen atoms in total. The van der Waals surface area contributed by atoms with E-state index in [2.05, 4.69) is 10.3 Å². The molecule has 0 saturated carbocycles. The second-order valence-electron chi connectivity index (χ2n) is 6.92. The van der Waals surface area contributed by atoms with E-state index < -0.39 is 11.7 Å². The quantitative estimate of drug-likeness (QED) is 0.567. The summed E-state index contributed by atoms with van der Waals surface area (Å²) < 4.78 is 47.1. The van der Waals surface area contributed by atoms with E-state index in [9.17, 15) is 18.0 Å². The summed E-state index contributed by atoms with van der Waals surface area (Å²) in [6, 6.07) is 12.0. The molecule has 1 heterocycles. The number of nitrogens with zero attached hydrogens (tertiary/aromatic N) is 2. The van der Waals surface area contributed by atoms with Crippen molar-refractivity contribution in [2.24, 2.45) is 0 Å². The van der Waals surface area contributed by atoms with Crippen LogP contribution in [0, 0.1) is 0 Å². The van der Waals surface area contributed by atoms with Crippen LogP contribution in [-0.4, -0.2) is 34.7 Å². The lowest BCUT2D eigenvalue weighted by Gasteiger charge is -2.14. The number of hydrogen-bond donors (Lipinski definition) is 1. The predicted octanol–water partition coefficient (Wildman–Crippen LogP) is 4.71. The molecule has 0 bridgehead atoms. The van der Waals surface area contributed by atoms with Gasteiger partial charge in [0.25, 0.3) is 5.91 Å². The first kappa shape index (κ1) is 21.6. The summed E-state index contributed by atoms with van der Waals surface area (Å²) in [7, 11) is 0. The lowest BCUT2D eigenvalue weighted by Crippen LogP contribution is -2.29. The van der Waals surface area contributed by atoms with Crippen LogP contribution in [0.15, 0.2) is 61.1 Å². The maximum atomic E-state index is 13.4. The molecule has 0 saturated heterocycles. The Morgan fingerprint density at radius 2 is 1.93 bits per heavy atom. The Balaban J connectivity index is 1.87. The Bertz CT molecular complexity index is 1010. The number of hydrogen-bond acceptors (Lipinski definition) is 3. The Morgan fingerprint density at radius 3 is 2.67 bits per heavy atom. The van der Waals surface area contributed by atoms with Crippen molar-refractivity contribution < 1.29 is 22.7 Å². The summed E-state index contributed by atoms with van der Waals surface area (Å²) in [5.41, 5.74) is 0.567. The molecule has 3 aromatic rings. The van der Waals surface area contributed by atoms with Gasteiger partial charge in [-0.3, -0.25) is 9.36 Å². The van der Waals surface area contributed by atoms with Gasteiger partial charge in [-0.2, -0.15) is 13.2 Å². The van der Waals surface area contributed by atoms with Crippen LogP contribution in [0.2, 0.25) is 0 Å². The monoisotopic (exact) mass is 417 g/mol. The molecule has 0 atom stereocenters. The molecule has 1 N–H and O–H groups in total. The van der Waals surface area contributed by atoms with Crippen molar-refractivity contribution in [2.45, 2.75) is 26.1 Å². The van der Waals surface area contributed by atoms with E-state index in [1.165, 1.54) is 24.7 Å². The van der Waals surface area contributed by atoms with Crippen LogP contribution < -0.4 is 5.32 Å². The molecule has 0 fully saturated rings. The maximum Gasteiger partial charge on any atom is 0.417 e. The van der Waals surface area contributed by atoms with E-state index >= 15 is 0 Å². The standard InChI is InChI=1S/C22H22F3N3O2/c1-15(2)30-11-10-27-21(29)20-13-26-14-28(20)17-7-5-6-16(12-17)18-8-3-4-9-19(18)22(23,24)25/h3-9,12-15H,10-11H2,1-2H3,(H,27,29). The predicted molar refractivity (Wildman–Crippen MR) is 107 cm³/mol. The summed E-state index contributed by atoms with van der Waals surface area (Å²) in [6.45, 7) is 4.52. The average molecular weight is 417 g/mol. The number of amides is 1. The molecule has 0 radical (unpaired) electrons. The van der Waals surface area contributed by atoms with Gasteiger partial charge >= 0.3 is 6.18 Å². The van der Waals surface area contributed by atoms with Gasteiger partial charge in [0.1, 0.15) is 5.69 Å². The van der Waals surface area contributed by atoms with Crippen LogP contribution >= 0.6 is 0 Å². The number of carbonyl (C=O) groups excluding carboxylic acids is 1. The molecule has 0 unspecified atom stereocenters. The third kappa shape index (κ3) is 5.07. The first-order chi connectivity index (χ1) is 14.3. The molecule has 1 amide bonds. The zero-order chi connectivity index (χ0) is 21.7. The molecule has 3 rings (SSSR count). The summed E-state index contributed by atoms with van der Waals surface area (Å²) >= 11 is 0. The maximum absolute atomic E-state index is 13.4. The summed E-state index contributed by atoms with van der Waals surface area (Å²) in [5.74, 6) is -0.346. The van der Waals surface area contributed by atoms with E-state index in [1.807, 2.05) is 13.8 Å². The Morgan fingerprint density at radius 1 is 1.17 bits per heavy atom. The fourth-order valence-corrected chi connectivity index (χ4v) is 3.02. The Kier molecular flexibility index (Phi) is 6.56. The molecule has 0 aliphatic carbocycles. The van der Waals surface area contributed by atoms with Crippen molar-refractivity contribution in [2.75, 3.05) is 13.2 Å². The minimum absolute atomic E-state index is 0.0646. The van der Waals surface area contributed by atoms with Crippen molar-refractivity contribution in [1.82, 2.24) is 14.9 Å². The van der Waals surface area contributed by atoms with Gasteiger partial charge in [0.2, 0.25) is 0 Å². The van der Waals surface area contributed by atoms with Crippen molar-refractivity contribution in [3.8, 4) is 16.8 Å². The van der Waals surface area contributed by atoms with Crippen LogP contribution in [0.3, 0.4) is 0 Å². The molecule has 0 aliphatic heterocycles. The molecule has 158 valence electrons. The topological polar surface area (TPSA) is 56.1 Å². The van der Waals surface area contributed by atoms with Gasteiger partial charge in [-0.15, -0.1) is 0 Å². The number of imidazole rings is 1. The molecule has 0 aliphatic rings.